The second-order valence-corrected chi connectivity index (χ2v) is 6.41. The van der Waals surface area contributed by atoms with Gasteiger partial charge in [0.15, 0.2) is 0 Å². The molecule has 1 fully saturated rings. The molecular weight excluding hydrogens is 228 g/mol. The SMILES string of the molecule is CC1(C)CSCC(Nc2ccccc2C#N)C1. The van der Waals surface area contributed by atoms with Gasteiger partial charge in [0.25, 0.3) is 0 Å². The molecule has 1 aromatic rings. The van der Waals surface area contributed by atoms with E-state index < -0.39 is 0 Å². The Kier molecular flexibility index (Phi) is 3.63. The molecule has 1 saturated heterocycles. The maximum Gasteiger partial charge on any atom is 0.101 e. The fourth-order valence-electron chi connectivity index (χ4n) is 2.28. The summed E-state index contributed by atoms with van der Waals surface area (Å²) in [5.41, 5.74) is 2.10. The van der Waals surface area contributed by atoms with Crippen molar-refractivity contribution in [3.05, 3.63) is 29.8 Å². The van der Waals surface area contributed by atoms with Crippen molar-refractivity contribution in [3.63, 3.8) is 0 Å². The first-order valence-electron chi connectivity index (χ1n) is 5.94. The lowest BCUT2D eigenvalue weighted by atomic mass is 9.87. The molecule has 1 unspecified atom stereocenters. The van der Waals surface area contributed by atoms with E-state index in [1.54, 1.807) is 0 Å². The van der Waals surface area contributed by atoms with Crippen LogP contribution >= 0.6 is 11.8 Å². The Balaban J connectivity index is 2.08. The normalized spacial score (nSPS) is 22.8. The van der Waals surface area contributed by atoms with Crippen LogP contribution in [0.25, 0.3) is 0 Å². The highest BCUT2D eigenvalue weighted by Gasteiger charge is 2.28. The van der Waals surface area contributed by atoms with E-state index in [1.807, 2.05) is 36.0 Å². The summed E-state index contributed by atoms with van der Waals surface area (Å²) in [6, 6.07) is 10.4. The number of hydrogen-bond acceptors (Lipinski definition) is 3. The second-order valence-electron chi connectivity index (χ2n) is 5.38. The molecule has 2 nitrogen and oxygen atoms in total. The second kappa shape index (κ2) is 5.01. The summed E-state index contributed by atoms with van der Waals surface area (Å²) in [6.07, 6.45) is 1.17. The zero-order valence-electron chi connectivity index (χ0n) is 10.4. The highest BCUT2D eigenvalue weighted by atomic mass is 32.2. The third-order valence-corrected chi connectivity index (χ3v) is 4.64. The Morgan fingerprint density at radius 2 is 2.18 bits per heavy atom. The smallest absolute Gasteiger partial charge is 0.101 e. The van der Waals surface area contributed by atoms with Crippen molar-refractivity contribution in [1.29, 1.82) is 5.26 Å². The minimum atomic E-state index is 0.391. The summed E-state index contributed by atoms with van der Waals surface area (Å²) in [5, 5.41) is 12.6. The van der Waals surface area contributed by atoms with Gasteiger partial charge in [-0.15, -0.1) is 0 Å². The minimum absolute atomic E-state index is 0.391. The van der Waals surface area contributed by atoms with Crippen molar-refractivity contribution in [2.75, 3.05) is 16.8 Å². The molecular formula is C14H18N2S. The van der Waals surface area contributed by atoms with Gasteiger partial charge in [0, 0.05) is 11.8 Å². The Labute approximate surface area is 107 Å². The fraction of sp³-hybridized carbons (Fsp3) is 0.500. The van der Waals surface area contributed by atoms with E-state index in [0.29, 0.717) is 11.5 Å². The van der Waals surface area contributed by atoms with Crippen molar-refractivity contribution < 1.29 is 0 Å². The molecule has 0 aliphatic carbocycles. The summed E-state index contributed by atoms with van der Waals surface area (Å²) in [7, 11) is 0. The predicted octanol–water partition coefficient (Wildman–Crippen LogP) is 3.50. The lowest BCUT2D eigenvalue weighted by Gasteiger charge is -2.35. The number of nitrogens with one attached hydrogen (secondary N) is 1. The molecule has 1 aliphatic rings. The van der Waals surface area contributed by atoms with Gasteiger partial charge in [-0.2, -0.15) is 17.0 Å². The van der Waals surface area contributed by atoms with Crippen LogP contribution in [0.5, 0.6) is 0 Å². The lowest BCUT2D eigenvalue weighted by molar-refractivity contribution is 0.358. The number of nitriles is 1. The zero-order valence-corrected chi connectivity index (χ0v) is 11.2. The number of anilines is 1. The first-order valence-corrected chi connectivity index (χ1v) is 7.10. The van der Waals surface area contributed by atoms with E-state index in [4.69, 9.17) is 5.26 Å². The number of rotatable bonds is 2. The van der Waals surface area contributed by atoms with Gasteiger partial charge in [-0.3, -0.25) is 0 Å². The number of nitrogens with zero attached hydrogens (tertiary/aromatic N) is 1. The fourth-order valence-corrected chi connectivity index (χ4v) is 3.56. The third-order valence-electron chi connectivity index (χ3n) is 3.02. The van der Waals surface area contributed by atoms with E-state index in [2.05, 4.69) is 25.2 Å². The van der Waals surface area contributed by atoms with Crippen molar-refractivity contribution in [1.82, 2.24) is 0 Å². The van der Waals surface area contributed by atoms with Crippen LogP contribution < -0.4 is 5.32 Å². The first kappa shape index (κ1) is 12.3. The molecule has 3 heteroatoms. The average Bonchev–Trinajstić information content (AvgIpc) is 2.28. The van der Waals surface area contributed by atoms with Crippen LogP contribution in [-0.2, 0) is 0 Å². The molecule has 0 amide bonds. The summed E-state index contributed by atoms with van der Waals surface area (Å²) >= 11 is 2.00. The van der Waals surface area contributed by atoms with Gasteiger partial charge in [0.05, 0.1) is 11.3 Å². The van der Waals surface area contributed by atoms with E-state index >= 15 is 0 Å². The van der Waals surface area contributed by atoms with Gasteiger partial charge in [-0.25, -0.2) is 0 Å². The van der Waals surface area contributed by atoms with Crippen LogP contribution in [0.4, 0.5) is 5.69 Å². The van der Waals surface area contributed by atoms with Crippen molar-refractivity contribution in [2.45, 2.75) is 26.3 Å². The largest absolute Gasteiger partial charge is 0.380 e. The van der Waals surface area contributed by atoms with E-state index in [1.165, 1.54) is 12.2 Å². The Hall–Kier alpha value is -1.14. The highest BCUT2D eigenvalue weighted by Crippen LogP contribution is 2.34. The molecule has 0 spiro atoms. The van der Waals surface area contributed by atoms with Crippen LogP contribution in [0.3, 0.4) is 0 Å². The van der Waals surface area contributed by atoms with Gasteiger partial charge in [0.2, 0.25) is 0 Å². The maximum absolute atomic E-state index is 9.06. The summed E-state index contributed by atoms with van der Waals surface area (Å²) in [4.78, 5) is 0. The first-order chi connectivity index (χ1) is 8.11. The number of thioether (sulfide) groups is 1. The van der Waals surface area contributed by atoms with Crippen LogP contribution in [0, 0.1) is 16.7 Å². The van der Waals surface area contributed by atoms with E-state index in [-0.39, 0.29) is 0 Å². The molecule has 0 aromatic heterocycles. The highest BCUT2D eigenvalue weighted by molar-refractivity contribution is 7.99. The van der Waals surface area contributed by atoms with Gasteiger partial charge >= 0.3 is 0 Å². The number of benzene rings is 1. The molecule has 0 bridgehead atoms. The molecule has 1 heterocycles. The monoisotopic (exact) mass is 246 g/mol. The molecule has 1 aromatic carbocycles. The van der Waals surface area contributed by atoms with Gasteiger partial charge in [-0.1, -0.05) is 26.0 Å². The van der Waals surface area contributed by atoms with E-state index in [9.17, 15) is 0 Å². The molecule has 1 aliphatic heterocycles. The number of para-hydroxylation sites is 1. The third kappa shape index (κ3) is 3.17. The van der Waals surface area contributed by atoms with Gasteiger partial charge < -0.3 is 5.32 Å². The average molecular weight is 246 g/mol. The predicted molar refractivity (Wildman–Crippen MR) is 74.3 cm³/mol. The zero-order chi connectivity index (χ0) is 12.3. The van der Waals surface area contributed by atoms with Crippen molar-refractivity contribution >= 4 is 17.4 Å². The maximum atomic E-state index is 9.06. The van der Waals surface area contributed by atoms with Gasteiger partial charge in [0.1, 0.15) is 6.07 Å². The summed E-state index contributed by atoms with van der Waals surface area (Å²) < 4.78 is 0. The lowest BCUT2D eigenvalue weighted by Crippen LogP contribution is -2.35. The van der Waals surface area contributed by atoms with Crippen LogP contribution in [-0.4, -0.2) is 17.5 Å². The Bertz CT molecular complexity index is 434. The topological polar surface area (TPSA) is 35.8 Å². The Morgan fingerprint density at radius 1 is 1.41 bits per heavy atom. The van der Waals surface area contributed by atoms with Crippen molar-refractivity contribution in [2.24, 2.45) is 5.41 Å². The summed E-state index contributed by atoms with van der Waals surface area (Å²) in [6.45, 7) is 4.62. The van der Waals surface area contributed by atoms with Crippen LogP contribution in [0.2, 0.25) is 0 Å². The molecule has 90 valence electrons. The van der Waals surface area contributed by atoms with E-state index in [0.717, 1.165) is 17.0 Å². The van der Waals surface area contributed by atoms with Crippen LogP contribution in [0.1, 0.15) is 25.8 Å². The quantitative estimate of drug-likeness (QED) is 0.867. The standard InChI is InChI=1S/C14H18N2S/c1-14(2)7-12(9-17-10-14)16-13-6-4-3-5-11(13)8-15/h3-6,12,16H,7,9-10H2,1-2H3. The molecule has 0 radical (unpaired) electrons. The summed E-state index contributed by atoms with van der Waals surface area (Å²) in [5.74, 6) is 2.36. The molecule has 2 rings (SSSR count). The molecule has 17 heavy (non-hydrogen) atoms. The molecule has 1 atom stereocenters. The van der Waals surface area contributed by atoms with Gasteiger partial charge in [-0.05, 0) is 29.7 Å². The molecule has 0 saturated carbocycles. The Morgan fingerprint density at radius 3 is 2.88 bits per heavy atom. The van der Waals surface area contributed by atoms with Crippen molar-refractivity contribution in [3.8, 4) is 6.07 Å². The van der Waals surface area contributed by atoms with Crippen LogP contribution in [0.15, 0.2) is 24.3 Å². The minimum Gasteiger partial charge on any atom is -0.380 e. The number of hydrogen-bond donors (Lipinski definition) is 1. The molecule has 1 N–H and O–H groups in total.